The number of ether oxygens (including phenoxy) is 1. The van der Waals surface area contributed by atoms with Crippen molar-refractivity contribution in [3.63, 3.8) is 0 Å². The molecule has 0 aromatic heterocycles. The van der Waals surface area contributed by atoms with Crippen molar-refractivity contribution in [1.29, 1.82) is 0 Å². The van der Waals surface area contributed by atoms with E-state index in [4.69, 9.17) is 39.5 Å². The van der Waals surface area contributed by atoms with Crippen LogP contribution < -0.4 is 0 Å². The lowest BCUT2D eigenvalue weighted by Crippen LogP contribution is -2.25. The zero-order valence-electron chi connectivity index (χ0n) is 7.27. The molecule has 0 saturated heterocycles. The second-order valence-corrected chi connectivity index (χ2v) is 3.85. The molecule has 0 heterocycles. The fraction of sp³-hybridized carbons (Fsp3) is 1.00. The average Bonchev–Trinajstić information content (AvgIpc) is 2.08. The summed E-state index contributed by atoms with van der Waals surface area (Å²) in [5, 5.41) is 0. The molecule has 1 unspecified atom stereocenters. The molecule has 0 aromatic rings. The van der Waals surface area contributed by atoms with Crippen LogP contribution in [0.1, 0.15) is 6.42 Å². The molecule has 0 fully saturated rings. The predicted molar refractivity (Wildman–Crippen MR) is 48.8 cm³/mol. The van der Waals surface area contributed by atoms with Crippen molar-refractivity contribution in [2.75, 3.05) is 12.5 Å². The summed E-state index contributed by atoms with van der Waals surface area (Å²) in [6.07, 6.45) is -5.97. The zero-order chi connectivity index (χ0) is 11.9. The van der Waals surface area contributed by atoms with E-state index in [1.807, 2.05) is 0 Å². The third kappa shape index (κ3) is 10.8. The maximum atomic E-state index is 11.5. The van der Waals surface area contributed by atoms with Crippen LogP contribution >= 0.6 is 34.8 Å². The van der Waals surface area contributed by atoms with Gasteiger partial charge in [-0.1, -0.05) is 0 Å². The normalized spacial score (nSPS) is 14.6. The van der Waals surface area contributed by atoms with Crippen LogP contribution in [0.15, 0.2) is 0 Å². The van der Waals surface area contributed by atoms with Crippen molar-refractivity contribution in [2.24, 2.45) is 0 Å². The second-order valence-electron chi connectivity index (χ2n) is 2.26. The number of alkyl halides is 6. The van der Waals surface area contributed by atoms with E-state index in [0.29, 0.717) is 0 Å². The van der Waals surface area contributed by atoms with Crippen molar-refractivity contribution >= 4 is 34.8 Å². The summed E-state index contributed by atoms with van der Waals surface area (Å²) in [6, 6.07) is 0. The van der Waals surface area contributed by atoms with Gasteiger partial charge >= 0.3 is 6.36 Å². The van der Waals surface area contributed by atoms with Crippen molar-refractivity contribution in [3.8, 4) is 0 Å². The Balaban J connectivity index is 3.64. The standard InChI is InChI=1S/C6H8Cl3F3O3/c7-3-5(13-2-1-4(8)9)14-15-6(10,11)12/h4-5H,1-3H2. The molecule has 0 bridgehead atoms. The zero-order valence-corrected chi connectivity index (χ0v) is 9.54. The third-order valence-corrected chi connectivity index (χ3v) is 1.70. The minimum Gasteiger partial charge on any atom is -0.349 e. The highest BCUT2D eigenvalue weighted by molar-refractivity contribution is 6.44. The summed E-state index contributed by atoms with van der Waals surface area (Å²) in [5.74, 6) is -0.314. The van der Waals surface area contributed by atoms with E-state index in [0.717, 1.165) is 0 Å². The van der Waals surface area contributed by atoms with Crippen molar-refractivity contribution < 1.29 is 27.7 Å². The summed E-state index contributed by atoms with van der Waals surface area (Å²) < 4.78 is 39.3. The first-order valence-corrected chi connectivity index (χ1v) is 5.13. The van der Waals surface area contributed by atoms with Gasteiger partial charge in [0.1, 0.15) is 4.84 Å². The van der Waals surface area contributed by atoms with Crippen LogP contribution in [-0.4, -0.2) is 30.0 Å². The smallest absolute Gasteiger partial charge is 0.349 e. The monoisotopic (exact) mass is 290 g/mol. The topological polar surface area (TPSA) is 27.7 Å². The van der Waals surface area contributed by atoms with Gasteiger partial charge in [-0.05, 0) is 0 Å². The van der Waals surface area contributed by atoms with E-state index in [1.165, 1.54) is 0 Å². The molecule has 0 aliphatic heterocycles. The Morgan fingerprint density at radius 1 is 1.20 bits per heavy atom. The van der Waals surface area contributed by atoms with Crippen molar-refractivity contribution in [2.45, 2.75) is 23.9 Å². The molecule has 9 heteroatoms. The highest BCUT2D eigenvalue weighted by Gasteiger charge is 2.32. The molecule has 15 heavy (non-hydrogen) atoms. The Labute approximate surface area is 99.2 Å². The molecule has 0 spiro atoms. The largest absolute Gasteiger partial charge is 0.549 e. The lowest BCUT2D eigenvalue weighted by atomic mass is 10.5. The average molecular weight is 291 g/mol. The van der Waals surface area contributed by atoms with Gasteiger partial charge in [0.05, 0.1) is 12.5 Å². The Hall–Kier alpha value is 0.540. The number of hydrogen-bond donors (Lipinski definition) is 0. The minimum absolute atomic E-state index is 0.0102. The molecule has 0 aliphatic rings. The highest BCUT2D eigenvalue weighted by Crippen LogP contribution is 2.18. The SMILES string of the molecule is FC(F)(F)OOC(CCl)OCCC(Cl)Cl. The molecule has 92 valence electrons. The van der Waals surface area contributed by atoms with E-state index >= 15 is 0 Å². The summed E-state index contributed by atoms with van der Waals surface area (Å²) in [6.45, 7) is 0.0102. The van der Waals surface area contributed by atoms with Gasteiger partial charge in [-0.15, -0.1) is 52.9 Å². The summed E-state index contributed by atoms with van der Waals surface area (Å²) in [4.78, 5) is 6.27. The molecule has 0 aromatic carbocycles. The molecule has 3 nitrogen and oxygen atoms in total. The van der Waals surface area contributed by atoms with Crippen LogP contribution in [0.2, 0.25) is 0 Å². The van der Waals surface area contributed by atoms with E-state index in [1.54, 1.807) is 0 Å². The van der Waals surface area contributed by atoms with E-state index in [2.05, 4.69) is 9.78 Å². The molecular weight excluding hydrogens is 283 g/mol. The quantitative estimate of drug-likeness (QED) is 0.312. The molecule has 0 aliphatic carbocycles. The highest BCUT2D eigenvalue weighted by atomic mass is 35.5. The second kappa shape index (κ2) is 7.76. The van der Waals surface area contributed by atoms with Gasteiger partial charge in [-0.25, -0.2) is 0 Å². The van der Waals surface area contributed by atoms with Gasteiger partial charge in [0.25, 0.3) is 0 Å². The molecule has 0 amide bonds. The van der Waals surface area contributed by atoms with Crippen LogP contribution in [0.3, 0.4) is 0 Å². The third-order valence-electron chi connectivity index (χ3n) is 1.02. The fourth-order valence-corrected chi connectivity index (χ4v) is 0.814. The number of halogens is 6. The van der Waals surface area contributed by atoms with Crippen molar-refractivity contribution in [1.82, 2.24) is 0 Å². The van der Waals surface area contributed by atoms with Crippen LogP contribution in [0, 0.1) is 0 Å². The summed E-state index contributed by atoms with van der Waals surface area (Å²) in [5.41, 5.74) is 0. The van der Waals surface area contributed by atoms with Crippen LogP contribution in [0.5, 0.6) is 0 Å². The van der Waals surface area contributed by atoms with Gasteiger partial charge in [0.15, 0.2) is 0 Å². The Morgan fingerprint density at radius 2 is 1.80 bits per heavy atom. The first-order chi connectivity index (χ1) is 6.85. The Morgan fingerprint density at radius 3 is 2.20 bits per heavy atom. The number of hydrogen-bond acceptors (Lipinski definition) is 3. The molecule has 0 saturated carbocycles. The molecule has 0 rings (SSSR count). The van der Waals surface area contributed by atoms with E-state index in [-0.39, 0.29) is 18.9 Å². The first kappa shape index (κ1) is 15.5. The van der Waals surface area contributed by atoms with Gasteiger partial charge < -0.3 is 4.74 Å². The fourth-order valence-electron chi connectivity index (χ4n) is 0.495. The summed E-state index contributed by atoms with van der Waals surface area (Å²) >= 11 is 16.0. The van der Waals surface area contributed by atoms with Gasteiger partial charge in [0.2, 0.25) is 6.29 Å². The maximum absolute atomic E-state index is 11.5. The molecule has 0 radical (unpaired) electrons. The van der Waals surface area contributed by atoms with E-state index in [9.17, 15) is 13.2 Å². The first-order valence-electron chi connectivity index (χ1n) is 3.72. The summed E-state index contributed by atoms with van der Waals surface area (Å²) in [7, 11) is 0. The predicted octanol–water partition coefficient (Wildman–Crippen LogP) is 3.23. The molecular formula is C6H8Cl3F3O3. The Bertz CT molecular complexity index is 167. The van der Waals surface area contributed by atoms with Crippen LogP contribution in [0.4, 0.5) is 13.2 Å². The van der Waals surface area contributed by atoms with Crippen LogP contribution in [-0.2, 0) is 14.5 Å². The minimum atomic E-state index is -4.89. The lowest BCUT2D eigenvalue weighted by molar-refractivity contribution is -0.514. The van der Waals surface area contributed by atoms with Crippen LogP contribution in [0.25, 0.3) is 0 Å². The van der Waals surface area contributed by atoms with Gasteiger partial charge in [0, 0.05) is 6.42 Å². The number of rotatable bonds is 7. The maximum Gasteiger partial charge on any atom is 0.549 e. The lowest BCUT2D eigenvalue weighted by Gasteiger charge is -2.15. The van der Waals surface area contributed by atoms with E-state index < -0.39 is 17.5 Å². The van der Waals surface area contributed by atoms with Crippen molar-refractivity contribution in [3.05, 3.63) is 0 Å². The molecule has 0 N–H and O–H groups in total. The van der Waals surface area contributed by atoms with Gasteiger partial charge in [-0.2, -0.15) is 4.89 Å². The Kier molecular flexibility index (Phi) is 8.03. The van der Waals surface area contributed by atoms with Gasteiger partial charge in [-0.3, -0.25) is 0 Å². The molecule has 1 atom stereocenters.